The van der Waals surface area contributed by atoms with Crippen molar-refractivity contribution in [2.24, 2.45) is 5.92 Å². The van der Waals surface area contributed by atoms with E-state index in [1.54, 1.807) is 11.3 Å². The number of hydrogen-bond acceptors (Lipinski definition) is 4. The Morgan fingerprint density at radius 3 is 2.84 bits per heavy atom. The first kappa shape index (κ1) is 15.6. The van der Waals surface area contributed by atoms with Gasteiger partial charge in [0.1, 0.15) is 5.69 Å². The molecule has 5 nitrogen and oxygen atoms in total. The third-order valence-corrected chi connectivity index (χ3v) is 6.49. The Labute approximate surface area is 152 Å². The van der Waals surface area contributed by atoms with E-state index in [4.69, 9.17) is 0 Å². The third-order valence-electron chi connectivity index (χ3n) is 5.86. The first-order valence-electron chi connectivity index (χ1n) is 9.35. The second-order valence-electron chi connectivity index (χ2n) is 7.76. The van der Waals surface area contributed by atoms with E-state index in [0.29, 0.717) is 18.0 Å². The molecule has 2 bridgehead atoms. The van der Waals surface area contributed by atoms with Crippen LogP contribution in [0.5, 0.6) is 0 Å². The topological polar surface area (TPSA) is 41.4 Å². The van der Waals surface area contributed by atoms with Crippen molar-refractivity contribution in [3.8, 4) is 0 Å². The molecule has 0 N–H and O–H groups in total. The number of fused-ring (bicyclic) bond motifs is 4. The number of piperidine rings is 1. The summed E-state index contributed by atoms with van der Waals surface area (Å²) in [4.78, 5) is 22.4. The number of thiazole rings is 1. The Kier molecular flexibility index (Phi) is 3.90. The highest BCUT2D eigenvalue weighted by atomic mass is 32.1. The fourth-order valence-electron chi connectivity index (χ4n) is 4.49. The molecule has 25 heavy (non-hydrogen) atoms. The van der Waals surface area contributed by atoms with Crippen LogP contribution >= 0.6 is 11.3 Å². The summed E-state index contributed by atoms with van der Waals surface area (Å²) in [5, 5.41) is 2.14. The Morgan fingerprint density at radius 1 is 1.16 bits per heavy atom. The number of hydrogen-bond donors (Lipinski definition) is 0. The van der Waals surface area contributed by atoms with Gasteiger partial charge in [0, 0.05) is 49.8 Å². The summed E-state index contributed by atoms with van der Waals surface area (Å²) in [7, 11) is 0. The second-order valence-corrected chi connectivity index (χ2v) is 8.48. The highest BCUT2D eigenvalue weighted by molar-refractivity contribution is 7.07. The van der Waals surface area contributed by atoms with Crippen LogP contribution in [0.1, 0.15) is 47.9 Å². The molecular formula is C19H24N4OS. The smallest absolute Gasteiger partial charge is 0.270 e. The molecule has 6 rings (SSSR count). The zero-order chi connectivity index (χ0) is 16.8. The molecule has 0 spiro atoms. The molecule has 2 aromatic heterocycles. The fourth-order valence-corrected chi connectivity index (χ4v) is 5.04. The van der Waals surface area contributed by atoms with Crippen LogP contribution in [0.2, 0.25) is 0 Å². The monoisotopic (exact) mass is 356 g/mol. The van der Waals surface area contributed by atoms with Gasteiger partial charge in [-0.25, -0.2) is 4.98 Å². The fraction of sp³-hybridized carbons (Fsp3) is 0.579. The van der Waals surface area contributed by atoms with E-state index in [1.807, 2.05) is 17.6 Å². The van der Waals surface area contributed by atoms with Gasteiger partial charge in [-0.15, -0.1) is 11.3 Å². The van der Waals surface area contributed by atoms with Gasteiger partial charge in [0.25, 0.3) is 5.91 Å². The number of carbonyl (C=O) groups is 1. The maximum absolute atomic E-state index is 13.3. The minimum Gasteiger partial charge on any atom is -0.340 e. The lowest BCUT2D eigenvalue weighted by molar-refractivity contribution is 0.0573. The molecule has 2 unspecified atom stereocenters. The van der Waals surface area contributed by atoms with Crippen molar-refractivity contribution >= 4 is 17.2 Å². The van der Waals surface area contributed by atoms with Gasteiger partial charge in [-0.3, -0.25) is 9.69 Å². The van der Waals surface area contributed by atoms with Crippen molar-refractivity contribution in [2.45, 2.75) is 44.3 Å². The van der Waals surface area contributed by atoms with Gasteiger partial charge in [0.05, 0.1) is 11.2 Å². The lowest BCUT2D eigenvalue weighted by Crippen LogP contribution is -2.47. The SMILES string of the molecule is O=C(c1cccn1C1CC1)N1CC2CCC1CN(Cc1cscn1)C2. The van der Waals surface area contributed by atoms with Gasteiger partial charge in [0.15, 0.2) is 0 Å². The minimum atomic E-state index is 0.238. The van der Waals surface area contributed by atoms with Crippen LogP contribution in [-0.4, -0.2) is 50.9 Å². The van der Waals surface area contributed by atoms with Crippen LogP contribution < -0.4 is 0 Å². The lowest BCUT2D eigenvalue weighted by Gasteiger charge is -2.36. The molecule has 3 aliphatic heterocycles. The van der Waals surface area contributed by atoms with Gasteiger partial charge in [-0.1, -0.05) is 0 Å². The van der Waals surface area contributed by atoms with Gasteiger partial charge in [0.2, 0.25) is 0 Å². The van der Waals surface area contributed by atoms with E-state index in [-0.39, 0.29) is 5.91 Å². The number of amides is 1. The number of carbonyl (C=O) groups excluding carboxylic acids is 1. The maximum Gasteiger partial charge on any atom is 0.270 e. The summed E-state index contributed by atoms with van der Waals surface area (Å²) in [6.07, 6.45) is 6.88. The Hall–Kier alpha value is -1.66. The molecule has 4 aliphatic rings. The summed E-state index contributed by atoms with van der Waals surface area (Å²) in [5.74, 6) is 0.827. The van der Waals surface area contributed by atoms with Crippen molar-refractivity contribution in [1.82, 2.24) is 19.4 Å². The Morgan fingerprint density at radius 2 is 2.04 bits per heavy atom. The standard InChI is InChI=1S/C19H24N4OS/c24-19(18-2-1-7-22(18)16-5-6-16)23-9-14-3-4-17(23)11-21(8-14)10-15-12-25-13-20-15/h1-2,7,12-14,16-17H,3-6,8-11H2. The normalized spacial score (nSPS) is 26.8. The number of aromatic nitrogens is 2. The van der Waals surface area contributed by atoms with E-state index in [1.165, 1.54) is 19.3 Å². The van der Waals surface area contributed by atoms with E-state index >= 15 is 0 Å². The first-order chi connectivity index (χ1) is 12.3. The Balaban J connectivity index is 1.34. The molecular weight excluding hydrogens is 332 g/mol. The summed E-state index contributed by atoms with van der Waals surface area (Å²) < 4.78 is 2.20. The van der Waals surface area contributed by atoms with E-state index in [0.717, 1.165) is 44.0 Å². The van der Waals surface area contributed by atoms with Crippen molar-refractivity contribution < 1.29 is 4.79 Å². The van der Waals surface area contributed by atoms with Crippen molar-refractivity contribution in [3.63, 3.8) is 0 Å². The van der Waals surface area contributed by atoms with E-state index < -0.39 is 0 Å². The zero-order valence-corrected chi connectivity index (χ0v) is 15.2. The van der Waals surface area contributed by atoms with Gasteiger partial charge >= 0.3 is 0 Å². The molecule has 0 radical (unpaired) electrons. The molecule has 3 saturated heterocycles. The predicted molar refractivity (Wildman–Crippen MR) is 97.6 cm³/mol. The molecule has 0 aromatic carbocycles. The highest BCUT2D eigenvalue weighted by Gasteiger charge is 2.39. The summed E-state index contributed by atoms with van der Waals surface area (Å²) in [5.41, 5.74) is 3.96. The molecule has 1 amide bonds. The molecule has 2 aromatic rings. The average Bonchev–Trinajstić information content (AvgIpc) is 3.23. The van der Waals surface area contributed by atoms with Crippen molar-refractivity contribution in [2.75, 3.05) is 19.6 Å². The summed E-state index contributed by atoms with van der Waals surface area (Å²) in [6, 6.07) is 4.93. The van der Waals surface area contributed by atoms with Crippen LogP contribution in [0.3, 0.4) is 0 Å². The van der Waals surface area contributed by atoms with Crippen LogP contribution in [0.4, 0.5) is 0 Å². The van der Waals surface area contributed by atoms with E-state index in [2.05, 4.69) is 30.9 Å². The van der Waals surface area contributed by atoms with E-state index in [9.17, 15) is 4.79 Å². The molecule has 2 atom stereocenters. The largest absolute Gasteiger partial charge is 0.340 e. The second kappa shape index (κ2) is 6.25. The minimum absolute atomic E-state index is 0.238. The highest BCUT2D eigenvalue weighted by Crippen LogP contribution is 2.37. The van der Waals surface area contributed by atoms with Gasteiger partial charge < -0.3 is 9.47 Å². The van der Waals surface area contributed by atoms with Crippen LogP contribution in [0.25, 0.3) is 0 Å². The lowest BCUT2D eigenvalue weighted by atomic mass is 9.94. The average molecular weight is 356 g/mol. The van der Waals surface area contributed by atoms with Gasteiger partial charge in [-0.2, -0.15) is 0 Å². The molecule has 132 valence electrons. The predicted octanol–water partition coefficient (Wildman–Crippen LogP) is 3.02. The third kappa shape index (κ3) is 3.02. The Bertz CT molecular complexity index is 751. The maximum atomic E-state index is 13.3. The van der Waals surface area contributed by atoms with Crippen LogP contribution in [0.15, 0.2) is 29.2 Å². The summed E-state index contributed by atoms with van der Waals surface area (Å²) >= 11 is 1.66. The molecule has 5 heterocycles. The number of nitrogens with zero attached hydrogens (tertiary/aromatic N) is 4. The first-order valence-corrected chi connectivity index (χ1v) is 10.3. The molecule has 6 heteroatoms. The number of rotatable bonds is 4. The summed E-state index contributed by atoms with van der Waals surface area (Å²) in [6.45, 7) is 3.88. The quantitative estimate of drug-likeness (QED) is 0.846. The molecule has 4 fully saturated rings. The van der Waals surface area contributed by atoms with Crippen LogP contribution in [0, 0.1) is 5.92 Å². The van der Waals surface area contributed by atoms with Gasteiger partial charge in [-0.05, 0) is 43.7 Å². The van der Waals surface area contributed by atoms with Crippen molar-refractivity contribution in [1.29, 1.82) is 0 Å². The van der Waals surface area contributed by atoms with Crippen molar-refractivity contribution in [3.05, 3.63) is 40.6 Å². The zero-order valence-electron chi connectivity index (χ0n) is 14.4. The molecule has 1 aliphatic carbocycles. The molecule has 1 saturated carbocycles. The van der Waals surface area contributed by atoms with Crippen LogP contribution in [-0.2, 0) is 6.54 Å².